The van der Waals surface area contributed by atoms with Gasteiger partial charge in [0.05, 0.1) is 5.92 Å². The van der Waals surface area contributed by atoms with Gasteiger partial charge in [-0.3, -0.25) is 4.79 Å². The van der Waals surface area contributed by atoms with Crippen molar-refractivity contribution < 1.29 is 4.79 Å². The van der Waals surface area contributed by atoms with Crippen molar-refractivity contribution >= 4 is 33.3 Å². The Bertz CT molecular complexity index is 959. The highest BCUT2D eigenvalue weighted by molar-refractivity contribution is 9.10. The maximum absolute atomic E-state index is 12.8. The van der Waals surface area contributed by atoms with Crippen LogP contribution in [0.5, 0.6) is 0 Å². The Morgan fingerprint density at radius 3 is 2.75 bits per heavy atom. The molecule has 8 nitrogen and oxygen atoms in total. The van der Waals surface area contributed by atoms with Crippen LogP contribution >= 0.6 is 15.9 Å². The standard InChI is InChI=1S/C19H20BrN7O/c1-13-9-15(20)4-5-16(13)23-19(28)14-3-2-8-26(10-14)17-6-7-18(25-24-17)27-12-21-11-22-27/h4-7,9,11-12,14H,2-3,8,10H2,1H3,(H,23,28). The highest BCUT2D eigenvalue weighted by Crippen LogP contribution is 2.25. The summed E-state index contributed by atoms with van der Waals surface area (Å²) in [7, 11) is 0. The third kappa shape index (κ3) is 4.04. The zero-order valence-electron chi connectivity index (χ0n) is 15.4. The highest BCUT2D eigenvalue weighted by Gasteiger charge is 2.27. The van der Waals surface area contributed by atoms with Crippen molar-refractivity contribution in [1.29, 1.82) is 0 Å². The van der Waals surface area contributed by atoms with E-state index in [2.05, 4.69) is 46.4 Å². The molecule has 4 rings (SSSR count). The van der Waals surface area contributed by atoms with E-state index >= 15 is 0 Å². The molecule has 0 spiro atoms. The Labute approximate surface area is 171 Å². The van der Waals surface area contributed by atoms with Gasteiger partial charge in [0.25, 0.3) is 0 Å². The van der Waals surface area contributed by atoms with Gasteiger partial charge in [-0.2, -0.15) is 5.10 Å². The number of rotatable bonds is 4. The summed E-state index contributed by atoms with van der Waals surface area (Å²) >= 11 is 3.45. The van der Waals surface area contributed by atoms with Gasteiger partial charge in [-0.1, -0.05) is 15.9 Å². The van der Waals surface area contributed by atoms with Crippen molar-refractivity contribution in [3.8, 4) is 5.82 Å². The summed E-state index contributed by atoms with van der Waals surface area (Å²) in [4.78, 5) is 18.8. The third-order valence-electron chi connectivity index (χ3n) is 4.85. The van der Waals surface area contributed by atoms with Crippen LogP contribution < -0.4 is 10.2 Å². The third-order valence-corrected chi connectivity index (χ3v) is 5.35. The zero-order chi connectivity index (χ0) is 19.5. The van der Waals surface area contributed by atoms with Crippen LogP contribution in [0.15, 0.2) is 47.5 Å². The quantitative estimate of drug-likeness (QED) is 0.669. The van der Waals surface area contributed by atoms with Crippen LogP contribution in [-0.4, -0.2) is 44.0 Å². The Morgan fingerprint density at radius 1 is 1.21 bits per heavy atom. The number of hydrogen-bond acceptors (Lipinski definition) is 6. The Hall–Kier alpha value is -2.81. The molecule has 0 aliphatic carbocycles. The summed E-state index contributed by atoms with van der Waals surface area (Å²) in [5.41, 5.74) is 1.88. The number of carbonyl (C=O) groups is 1. The first kappa shape index (κ1) is 18.5. The molecule has 9 heteroatoms. The maximum atomic E-state index is 12.8. The van der Waals surface area contributed by atoms with Gasteiger partial charge in [-0.05, 0) is 55.7 Å². The molecule has 2 aromatic heterocycles. The molecule has 1 aliphatic rings. The summed E-state index contributed by atoms with van der Waals surface area (Å²) in [5.74, 6) is 1.33. The monoisotopic (exact) mass is 441 g/mol. The van der Waals surface area contributed by atoms with Gasteiger partial charge in [0.2, 0.25) is 5.91 Å². The van der Waals surface area contributed by atoms with Crippen molar-refractivity contribution in [2.75, 3.05) is 23.3 Å². The fourth-order valence-corrected chi connectivity index (χ4v) is 3.81. The van der Waals surface area contributed by atoms with Gasteiger partial charge in [0, 0.05) is 23.2 Å². The van der Waals surface area contributed by atoms with Gasteiger partial charge >= 0.3 is 0 Å². The normalized spacial score (nSPS) is 16.8. The van der Waals surface area contributed by atoms with Gasteiger partial charge in [-0.25, -0.2) is 9.67 Å². The molecule has 144 valence electrons. The molecule has 0 radical (unpaired) electrons. The highest BCUT2D eigenvalue weighted by atomic mass is 79.9. The Morgan fingerprint density at radius 2 is 2.04 bits per heavy atom. The van der Waals surface area contributed by atoms with E-state index < -0.39 is 0 Å². The molecular weight excluding hydrogens is 422 g/mol. The van der Waals surface area contributed by atoms with Crippen LogP contribution in [0.1, 0.15) is 18.4 Å². The molecule has 3 heterocycles. The lowest BCUT2D eigenvalue weighted by molar-refractivity contribution is -0.120. The summed E-state index contributed by atoms with van der Waals surface area (Å²) in [6, 6.07) is 9.61. The van der Waals surface area contributed by atoms with Gasteiger partial charge in [0.15, 0.2) is 11.6 Å². The van der Waals surface area contributed by atoms with E-state index in [4.69, 9.17) is 0 Å². The van der Waals surface area contributed by atoms with Crippen LogP contribution in [-0.2, 0) is 4.79 Å². The van der Waals surface area contributed by atoms with Crippen molar-refractivity contribution in [1.82, 2.24) is 25.0 Å². The average Bonchev–Trinajstić information content (AvgIpc) is 3.25. The topological polar surface area (TPSA) is 88.8 Å². The molecule has 0 bridgehead atoms. The minimum atomic E-state index is -0.0893. The largest absolute Gasteiger partial charge is 0.354 e. The zero-order valence-corrected chi connectivity index (χ0v) is 17.0. The van der Waals surface area contributed by atoms with Gasteiger partial charge < -0.3 is 10.2 Å². The van der Waals surface area contributed by atoms with Crippen LogP contribution in [0, 0.1) is 12.8 Å². The van der Waals surface area contributed by atoms with E-state index in [0.29, 0.717) is 12.4 Å². The number of nitrogens with zero attached hydrogens (tertiary/aromatic N) is 6. The lowest BCUT2D eigenvalue weighted by atomic mass is 9.97. The second-order valence-corrected chi connectivity index (χ2v) is 7.74. The van der Waals surface area contributed by atoms with Gasteiger partial charge in [-0.15, -0.1) is 10.2 Å². The lowest BCUT2D eigenvalue weighted by Gasteiger charge is -2.32. The average molecular weight is 442 g/mol. The van der Waals surface area contributed by atoms with Crippen molar-refractivity contribution in [3.63, 3.8) is 0 Å². The molecule has 1 amide bonds. The SMILES string of the molecule is Cc1cc(Br)ccc1NC(=O)C1CCCN(c2ccc(-n3cncn3)nn2)C1. The number of benzene rings is 1. The molecule has 0 saturated carbocycles. The fraction of sp³-hybridized carbons (Fsp3) is 0.316. The predicted molar refractivity (Wildman–Crippen MR) is 109 cm³/mol. The van der Waals surface area contributed by atoms with Crippen LogP contribution in [0.3, 0.4) is 0 Å². The van der Waals surface area contributed by atoms with E-state index in [1.54, 1.807) is 11.0 Å². The van der Waals surface area contributed by atoms with E-state index in [9.17, 15) is 4.79 Å². The molecule has 1 aliphatic heterocycles. The number of anilines is 2. The number of piperidine rings is 1. The lowest BCUT2D eigenvalue weighted by Crippen LogP contribution is -2.41. The number of amides is 1. The van der Waals surface area contributed by atoms with Crippen LogP contribution in [0.2, 0.25) is 0 Å². The molecule has 1 fully saturated rings. The molecule has 3 aromatic rings. The summed E-state index contributed by atoms with van der Waals surface area (Å²) in [6.07, 6.45) is 4.83. The second kappa shape index (κ2) is 8.05. The van der Waals surface area contributed by atoms with Crippen molar-refractivity contribution in [3.05, 3.63) is 53.0 Å². The molecule has 28 heavy (non-hydrogen) atoms. The Kier molecular flexibility index (Phi) is 5.34. The number of aryl methyl sites for hydroxylation is 1. The van der Waals surface area contributed by atoms with E-state index in [0.717, 1.165) is 40.9 Å². The minimum absolute atomic E-state index is 0.0438. The van der Waals surface area contributed by atoms with E-state index in [1.807, 2.05) is 37.3 Å². The number of carbonyl (C=O) groups excluding carboxylic acids is 1. The number of hydrogen-bond donors (Lipinski definition) is 1. The summed E-state index contributed by atoms with van der Waals surface area (Å²) in [5, 5.41) is 15.6. The summed E-state index contributed by atoms with van der Waals surface area (Å²) in [6.45, 7) is 3.47. The maximum Gasteiger partial charge on any atom is 0.229 e. The molecule has 1 aromatic carbocycles. The number of nitrogens with one attached hydrogen (secondary N) is 1. The second-order valence-electron chi connectivity index (χ2n) is 6.82. The van der Waals surface area contributed by atoms with Gasteiger partial charge in [0.1, 0.15) is 12.7 Å². The minimum Gasteiger partial charge on any atom is -0.354 e. The summed E-state index contributed by atoms with van der Waals surface area (Å²) < 4.78 is 2.56. The number of halogens is 1. The van der Waals surface area contributed by atoms with E-state index in [-0.39, 0.29) is 11.8 Å². The number of aromatic nitrogens is 5. The van der Waals surface area contributed by atoms with Crippen LogP contribution in [0.4, 0.5) is 11.5 Å². The smallest absolute Gasteiger partial charge is 0.229 e. The predicted octanol–water partition coefficient (Wildman–Crippen LogP) is 2.98. The first-order chi connectivity index (χ1) is 13.6. The molecule has 1 saturated heterocycles. The fourth-order valence-electron chi connectivity index (χ4n) is 3.34. The molecular formula is C19H20BrN7O. The molecule has 1 N–H and O–H groups in total. The molecule has 1 atom stereocenters. The van der Waals surface area contributed by atoms with Crippen LogP contribution in [0.25, 0.3) is 5.82 Å². The van der Waals surface area contributed by atoms with Crippen molar-refractivity contribution in [2.45, 2.75) is 19.8 Å². The first-order valence-electron chi connectivity index (χ1n) is 9.11. The van der Waals surface area contributed by atoms with Crippen molar-refractivity contribution in [2.24, 2.45) is 5.92 Å². The first-order valence-corrected chi connectivity index (χ1v) is 9.90. The molecule has 1 unspecified atom stereocenters. The Balaban J connectivity index is 1.43. The van der Waals surface area contributed by atoms with E-state index in [1.165, 1.54) is 6.33 Å².